The number of carbonyl (C=O) groups is 1. The summed E-state index contributed by atoms with van der Waals surface area (Å²) in [5.41, 5.74) is 2.04. The lowest BCUT2D eigenvalue weighted by molar-refractivity contribution is 0.0664. The van der Waals surface area contributed by atoms with Gasteiger partial charge >= 0.3 is 0 Å². The lowest BCUT2D eigenvalue weighted by atomic mass is 10.0. The highest BCUT2D eigenvalue weighted by molar-refractivity contribution is 5.98. The molecule has 1 fully saturated rings. The second-order valence-corrected chi connectivity index (χ2v) is 6.66. The molecule has 0 bridgehead atoms. The van der Waals surface area contributed by atoms with E-state index in [1.54, 1.807) is 0 Å². The van der Waals surface area contributed by atoms with Crippen LogP contribution in [-0.2, 0) is 0 Å². The second kappa shape index (κ2) is 11.7. The highest BCUT2D eigenvalue weighted by Crippen LogP contribution is 2.19. The molecule has 3 nitrogen and oxygen atoms in total. The maximum Gasteiger partial charge on any atom is 0.253 e. The summed E-state index contributed by atoms with van der Waals surface area (Å²) in [6, 6.07) is 12.3. The van der Waals surface area contributed by atoms with E-state index < -0.39 is 0 Å². The summed E-state index contributed by atoms with van der Waals surface area (Å²) >= 11 is 0. The molecule has 0 saturated carbocycles. The molecule has 144 valence electrons. The molecule has 0 unspecified atom stereocenters. The number of amides is 1. The van der Waals surface area contributed by atoms with Crippen molar-refractivity contribution in [2.24, 2.45) is 0 Å². The van der Waals surface area contributed by atoms with Gasteiger partial charge in [0.1, 0.15) is 0 Å². The SMILES string of the molecule is CC.CCCC.Cc1ccc2cc(C(=O)N3CCN(C)CC3)ccc2c1. The van der Waals surface area contributed by atoms with E-state index in [0.717, 1.165) is 37.1 Å². The normalized spacial score (nSPS) is 14.2. The Morgan fingerprint density at radius 2 is 1.42 bits per heavy atom. The minimum atomic E-state index is 0.153. The summed E-state index contributed by atoms with van der Waals surface area (Å²) in [4.78, 5) is 16.7. The summed E-state index contributed by atoms with van der Waals surface area (Å²) in [6.07, 6.45) is 2.64. The first-order valence-corrected chi connectivity index (χ1v) is 10.0. The molecule has 0 spiro atoms. The van der Waals surface area contributed by atoms with Crippen molar-refractivity contribution in [2.75, 3.05) is 33.2 Å². The van der Waals surface area contributed by atoms with Gasteiger partial charge in [-0.25, -0.2) is 0 Å². The average molecular weight is 357 g/mol. The molecule has 1 saturated heterocycles. The molecule has 26 heavy (non-hydrogen) atoms. The Kier molecular flexibility index (Phi) is 9.97. The van der Waals surface area contributed by atoms with Crippen LogP contribution in [0.5, 0.6) is 0 Å². The molecule has 0 N–H and O–H groups in total. The Hall–Kier alpha value is -1.87. The lowest BCUT2D eigenvalue weighted by Gasteiger charge is -2.32. The Morgan fingerprint density at radius 1 is 0.885 bits per heavy atom. The van der Waals surface area contributed by atoms with Crippen LogP contribution in [0.1, 0.15) is 56.5 Å². The molecule has 3 rings (SSSR count). The Morgan fingerprint density at radius 3 is 2.00 bits per heavy atom. The van der Waals surface area contributed by atoms with Crippen LogP contribution in [0.3, 0.4) is 0 Å². The van der Waals surface area contributed by atoms with Gasteiger partial charge in [-0.15, -0.1) is 0 Å². The zero-order valence-electron chi connectivity index (χ0n) is 17.5. The molecule has 1 aliphatic rings. The van der Waals surface area contributed by atoms with E-state index in [0.29, 0.717) is 0 Å². The number of fused-ring (bicyclic) bond motifs is 1. The molecule has 1 heterocycles. The zero-order chi connectivity index (χ0) is 19.5. The van der Waals surface area contributed by atoms with Crippen LogP contribution >= 0.6 is 0 Å². The largest absolute Gasteiger partial charge is 0.336 e. The fourth-order valence-electron chi connectivity index (χ4n) is 2.69. The maximum absolute atomic E-state index is 12.5. The molecule has 0 radical (unpaired) electrons. The molecule has 1 aliphatic heterocycles. The molecule has 0 aliphatic carbocycles. The van der Waals surface area contributed by atoms with E-state index in [4.69, 9.17) is 0 Å². The van der Waals surface area contributed by atoms with Crippen molar-refractivity contribution in [2.45, 2.75) is 47.5 Å². The van der Waals surface area contributed by atoms with E-state index in [9.17, 15) is 4.79 Å². The van der Waals surface area contributed by atoms with Crippen molar-refractivity contribution >= 4 is 16.7 Å². The molecule has 0 atom stereocenters. The van der Waals surface area contributed by atoms with E-state index in [-0.39, 0.29) is 5.91 Å². The summed E-state index contributed by atoms with van der Waals surface area (Å²) in [6.45, 7) is 14.0. The Labute approximate surface area is 160 Å². The Bertz CT molecular complexity index is 671. The average Bonchev–Trinajstić information content (AvgIpc) is 2.69. The quantitative estimate of drug-likeness (QED) is 0.722. The van der Waals surface area contributed by atoms with Gasteiger partial charge in [0, 0.05) is 31.7 Å². The standard InChI is InChI=1S/C17H20N2O.C4H10.C2H6/c1-13-3-4-15-12-16(6-5-14(15)11-13)17(20)19-9-7-18(2)8-10-19;1-3-4-2;1-2/h3-6,11-12H,7-10H2,1-2H3;3-4H2,1-2H3;1-2H3. The number of unbranched alkanes of at least 4 members (excludes halogenated alkanes) is 1. The van der Waals surface area contributed by atoms with Crippen LogP contribution in [-0.4, -0.2) is 48.9 Å². The molecule has 2 aromatic rings. The molecule has 3 heteroatoms. The molecular weight excluding hydrogens is 320 g/mol. The number of hydrogen-bond acceptors (Lipinski definition) is 2. The minimum absolute atomic E-state index is 0.153. The fraction of sp³-hybridized carbons (Fsp3) is 0.522. The first kappa shape index (κ1) is 22.2. The van der Waals surface area contributed by atoms with Gasteiger partial charge in [-0.05, 0) is 36.9 Å². The summed E-state index contributed by atoms with van der Waals surface area (Å²) in [7, 11) is 2.10. The second-order valence-electron chi connectivity index (χ2n) is 6.66. The van der Waals surface area contributed by atoms with Gasteiger partial charge < -0.3 is 9.80 Å². The number of aryl methyl sites for hydroxylation is 1. The number of nitrogens with zero attached hydrogens (tertiary/aromatic N) is 2. The molecule has 0 aromatic heterocycles. The third kappa shape index (κ3) is 6.45. The molecular formula is C23H36N2O. The zero-order valence-corrected chi connectivity index (χ0v) is 17.5. The van der Waals surface area contributed by atoms with Gasteiger partial charge in [0.2, 0.25) is 0 Å². The molecule has 1 amide bonds. The van der Waals surface area contributed by atoms with E-state index in [2.05, 4.69) is 50.9 Å². The van der Waals surface area contributed by atoms with Crippen LogP contribution in [0.15, 0.2) is 36.4 Å². The predicted octanol–water partition coefficient (Wildman–Crippen LogP) is 5.37. The van der Waals surface area contributed by atoms with E-state index in [1.165, 1.54) is 23.8 Å². The fourth-order valence-corrected chi connectivity index (χ4v) is 2.69. The minimum Gasteiger partial charge on any atom is -0.336 e. The summed E-state index contributed by atoms with van der Waals surface area (Å²) in [5, 5.41) is 2.33. The van der Waals surface area contributed by atoms with Crippen molar-refractivity contribution in [1.29, 1.82) is 0 Å². The number of likely N-dealkylation sites (N-methyl/N-ethyl adjacent to an activating group) is 1. The summed E-state index contributed by atoms with van der Waals surface area (Å²) in [5.74, 6) is 0.153. The van der Waals surface area contributed by atoms with E-state index >= 15 is 0 Å². The Balaban J connectivity index is 0.000000500. The van der Waals surface area contributed by atoms with E-state index in [1.807, 2.05) is 36.9 Å². The van der Waals surface area contributed by atoms with Crippen LogP contribution < -0.4 is 0 Å². The van der Waals surface area contributed by atoms with Crippen molar-refractivity contribution in [1.82, 2.24) is 9.80 Å². The third-order valence-electron chi connectivity index (χ3n) is 4.53. The number of rotatable bonds is 2. The van der Waals surface area contributed by atoms with Crippen molar-refractivity contribution in [3.05, 3.63) is 47.5 Å². The summed E-state index contributed by atoms with van der Waals surface area (Å²) < 4.78 is 0. The smallest absolute Gasteiger partial charge is 0.253 e. The van der Waals surface area contributed by atoms with Gasteiger partial charge in [0.15, 0.2) is 0 Å². The third-order valence-corrected chi connectivity index (χ3v) is 4.53. The van der Waals surface area contributed by atoms with Gasteiger partial charge in [0.05, 0.1) is 0 Å². The predicted molar refractivity (Wildman–Crippen MR) is 114 cm³/mol. The number of hydrogen-bond donors (Lipinski definition) is 0. The highest BCUT2D eigenvalue weighted by atomic mass is 16.2. The highest BCUT2D eigenvalue weighted by Gasteiger charge is 2.20. The van der Waals surface area contributed by atoms with Gasteiger partial charge in [-0.1, -0.05) is 70.4 Å². The molecule has 2 aromatic carbocycles. The maximum atomic E-state index is 12.5. The first-order valence-electron chi connectivity index (χ1n) is 10.0. The van der Waals surface area contributed by atoms with Gasteiger partial charge in [0.25, 0.3) is 5.91 Å². The van der Waals surface area contributed by atoms with Crippen LogP contribution in [0, 0.1) is 6.92 Å². The lowest BCUT2D eigenvalue weighted by Crippen LogP contribution is -2.47. The topological polar surface area (TPSA) is 23.6 Å². The first-order chi connectivity index (χ1) is 12.5. The van der Waals surface area contributed by atoms with Crippen LogP contribution in [0.2, 0.25) is 0 Å². The number of carbonyl (C=O) groups excluding carboxylic acids is 1. The van der Waals surface area contributed by atoms with Crippen molar-refractivity contribution < 1.29 is 4.79 Å². The number of piperazine rings is 1. The van der Waals surface area contributed by atoms with Crippen LogP contribution in [0.4, 0.5) is 0 Å². The number of benzene rings is 2. The van der Waals surface area contributed by atoms with Crippen LogP contribution in [0.25, 0.3) is 10.8 Å². The monoisotopic (exact) mass is 356 g/mol. The van der Waals surface area contributed by atoms with Crippen molar-refractivity contribution in [3.63, 3.8) is 0 Å². The van der Waals surface area contributed by atoms with Crippen molar-refractivity contribution in [3.8, 4) is 0 Å². The van der Waals surface area contributed by atoms with Gasteiger partial charge in [-0.2, -0.15) is 0 Å². The van der Waals surface area contributed by atoms with Gasteiger partial charge in [-0.3, -0.25) is 4.79 Å².